The number of rotatable bonds is 36. The van der Waals surface area contributed by atoms with Crippen LogP contribution in [0.2, 0.25) is 0 Å². The molecule has 2 amide bonds. The van der Waals surface area contributed by atoms with Crippen LogP contribution in [0.1, 0.15) is 178 Å². The van der Waals surface area contributed by atoms with Gasteiger partial charge in [-0.2, -0.15) is 0 Å². The minimum atomic E-state index is -0.392. The number of benzene rings is 1. The van der Waals surface area contributed by atoms with Gasteiger partial charge in [0.1, 0.15) is 11.5 Å². The maximum absolute atomic E-state index is 13.0. The summed E-state index contributed by atoms with van der Waals surface area (Å²) >= 11 is 0. The standard InChI is InChI=1S/C41H71N5O6/c1-3-5-7-19-27-43-39(47)25-17-15-23-30-50-37-33-36(41(49)52-32-22-14-12-10-9-11-13-21-29-45-46-42)34-38(35-37)51-31-24-16-18-26-40(48)44-28-20-8-6-4-2/h33-35H,3-32H2,1-2H3,(H,43,47)(H,44,48). The van der Waals surface area contributed by atoms with Gasteiger partial charge in [-0.3, -0.25) is 9.59 Å². The van der Waals surface area contributed by atoms with Crippen molar-refractivity contribution < 1.29 is 28.6 Å². The summed E-state index contributed by atoms with van der Waals surface area (Å²) in [5, 5.41) is 9.59. The second-order valence-corrected chi connectivity index (χ2v) is 13.8. The van der Waals surface area contributed by atoms with Gasteiger partial charge in [0, 0.05) is 43.5 Å². The molecule has 0 radical (unpaired) electrons. The first-order chi connectivity index (χ1) is 25.5. The first-order valence-electron chi connectivity index (χ1n) is 20.6. The Morgan fingerprint density at radius 3 is 1.52 bits per heavy atom. The Morgan fingerprint density at radius 1 is 0.577 bits per heavy atom. The number of carbonyl (C=O) groups excluding carboxylic acids is 3. The van der Waals surface area contributed by atoms with E-state index in [2.05, 4.69) is 34.5 Å². The molecule has 0 heterocycles. The first kappa shape index (κ1) is 46.6. The Kier molecular flexibility index (Phi) is 31.0. The summed E-state index contributed by atoms with van der Waals surface area (Å²) in [6, 6.07) is 5.24. The van der Waals surface area contributed by atoms with Crippen molar-refractivity contribution in [2.75, 3.05) is 39.5 Å². The van der Waals surface area contributed by atoms with Gasteiger partial charge < -0.3 is 24.8 Å². The predicted molar refractivity (Wildman–Crippen MR) is 210 cm³/mol. The number of amides is 2. The van der Waals surface area contributed by atoms with Crippen LogP contribution >= 0.6 is 0 Å². The summed E-state index contributed by atoms with van der Waals surface area (Å²) in [5.74, 6) is 0.953. The molecule has 11 nitrogen and oxygen atoms in total. The van der Waals surface area contributed by atoms with E-state index in [9.17, 15) is 14.4 Å². The topological polar surface area (TPSA) is 152 Å². The van der Waals surface area contributed by atoms with E-state index in [1.54, 1.807) is 12.1 Å². The second kappa shape index (κ2) is 34.6. The summed E-state index contributed by atoms with van der Waals surface area (Å²) in [6.07, 6.45) is 23.6. The second-order valence-electron chi connectivity index (χ2n) is 13.8. The molecule has 2 N–H and O–H groups in total. The summed E-state index contributed by atoms with van der Waals surface area (Å²) in [5.41, 5.74) is 8.73. The highest BCUT2D eigenvalue weighted by Gasteiger charge is 2.13. The summed E-state index contributed by atoms with van der Waals surface area (Å²) in [4.78, 5) is 40.0. The van der Waals surface area contributed by atoms with Gasteiger partial charge in [0.15, 0.2) is 0 Å². The van der Waals surface area contributed by atoms with Gasteiger partial charge in [-0.15, -0.1) is 0 Å². The summed E-state index contributed by atoms with van der Waals surface area (Å²) in [7, 11) is 0. The molecule has 0 spiro atoms. The Morgan fingerprint density at radius 2 is 1.02 bits per heavy atom. The summed E-state index contributed by atoms with van der Waals surface area (Å²) < 4.78 is 17.7. The molecule has 11 heteroatoms. The lowest BCUT2D eigenvalue weighted by Gasteiger charge is -2.13. The highest BCUT2D eigenvalue weighted by atomic mass is 16.5. The molecule has 1 aromatic carbocycles. The highest BCUT2D eigenvalue weighted by Crippen LogP contribution is 2.25. The Balaban J connectivity index is 2.48. The molecule has 52 heavy (non-hydrogen) atoms. The number of ether oxygens (including phenoxy) is 3. The molecule has 0 saturated heterocycles. The van der Waals surface area contributed by atoms with Crippen LogP contribution < -0.4 is 20.1 Å². The number of carbonyl (C=O) groups is 3. The van der Waals surface area contributed by atoms with Crippen molar-refractivity contribution in [1.82, 2.24) is 10.6 Å². The van der Waals surface area contributed by atoms with Crippen LogP contribution in [0.4, 0.5) is 0 Å². The molecule has 0 unspecified atom stereocenters. The fraction of sp³-hybridized carbons (Fsp3) is 0.780. The van der Waals surface area contributed by atoms with E-state index in [4.69, 9.17) is 19.7 Å². The van der Waals surface area contributed by atoms with E-state index in [-0.39, 0.29) is 11.8 Å². The third-order valence-electron chi connectivity index (χ3n) is 8.90. The molecule has 1 aromatic rings. The Bertz CT molecular complexity index is 1050. The largest absolute Gasteiger partial charge is 0.493 e. The van der Waals surface area contributed by atoms with Crippen LogP contribution in [0.3, 0.4) is 0 Å². The monoisotopic (exact) mass is 730 g/mol. The predicted octanol–water partition coefficient (Wildman–Crippen LogP) is 10.5. The zero-order valence-electron chi connectivity index (χ0n) is 32.7. The molecule has 0 aliphatic rings. The van der Waals surface area contributed by atoms with Gasteiger partial charge in [0.25, 0.3) is 0 Å². The van der Waals surface area contributed by atoms with Crippen LogP contribution in [0.15, 0.2) is 23.3 Å². The molecule has 0 fully saturated rings. The maximum Gasteiger partial charge on any atom is 0.338 e. The molecule has 296 valence electrons. The molecule has 0 aliphatic heterocycles. The van der Waals surface area contributed by atoms with Crippen molar-refractivity contribution in [3.05, 3.63) is 34.2 Å². The normalized spacial score (nSPS) is 10.7. The zero-order valence-corrected chi connectivity index (χ0v) is 32.7. The van der Waals surface area contributed by atoms with Crippen molar-refractivity contribution in [1.29, 1.82) is 0 Å². The molecular weight excluding hydrogens is 658 g/mol. The van der Waals surface area contributed by atoms with Gasteiger partial charge in [-0.1, -0.05) is 96.0 Å². The lowest BCUT2D eigenvalue weighted by Crippen LogP contribution is -2.23. The number of hydrogen-bond acceptors (Lipinski definition) is 7. The molecule has 1 rings (SSSR count). The van der Waals surface area contributed by atoms with E-state index in [0.717, 1.165) is 129 Å². The Labute approximate surface area is 314 Å². The Hall–Kier alpha value is -3.46. The fourth-order valence-corrected chi connectivity index (χ4v) is 5.74. The number of azide groups is 1. The van der Waals surface area contributed by atoms with Crippen LogP contribution in [0.25, 0.3) is 10.4 Å². The van der Waals surface area contributed by atoms with Crippen LogP contribution in [0.5, 0.6) is 11.5 Å². The molecule has 0 saturated carbocycles. The van der Waals surface area contributed by atoms with Gasteiger partial charge in [0.2, 0.25) is 11.8 Å². The van der Waals surface area contributed by atoms with Crippen LogP contribution in [-0.4, -0.2) is 57.2 Å². The van der Waals surface area contributed by atoms with Crippen molar-refractivity contribution >= 4 is 17.8 Å². The molecular formula is C41H71N5O6. The number of hydrogen-bond donors (Lipinski definition) is 2. The van der Waals surface area contributed by atoms with Crippen LogP contribution in [0, 0.1) is 0 Å². The number of unbranched alkanes of at least 4 members (excludes halogenated alkanes) is 17. The third-order valence-corrected chi connectivity index (χ3v) is 8.90. The lowest BCUT2D eigenvalue weighted by atomic mass is 10.1. The fourth-order valence-electron chi connectivity index (χ4n) is 5.74. The van der Waals surface area contributed by atoms with E-state index in [1.165, 1.54) is 25.7 Å². The number of esters is 1. The molecule has 0 atom stereocenters. The average Bonchev–Trinajstić information content (AvgIpc) is 3.14. The summed E-state index contributed by atoms with van der Waals surface area (Å²) in [6.45, 7) is 7.76. The average molecular weight is 730 g/mol. The molecule has 0 bridgehead atoms. The van der Waals surface area contributed by atoms with E-state index in [0.29, 0.717) is 56.3 Å². The minimum Gasteiger partial charge on any atom is -0.493 e. The van der Waals surface area contributed by atoms with Gasteiger partial charge >= 0.3 is 5.97 Å². The van der Waals surface area contributed by atoms with E-state index < -0.39 is 5.97 Å². The maximum atomic E-state index is 13.0. The highest BCUT2D eigenvalue weighted by molar-refractivity contribution is 5.90. The van der Waals surface area contributed by atoms with Gasteiger partial charge in [-0.05, 0) is 81.9 Å². The van der Waals surface area contributed by atoms with E-state index >= 15 is 0 Å². The molecule has 0 aliphatic carbocycles. The van der Waals surface area contributed by atoms with Crippen molar-refractivity contribution in [2.45, 2.75) is 168 Å². The third kappa shape index (κ3) is 28.2. The van der Waals surface area contributed by atoms with Crippen LogP contribution in [-0.2, 0) is 14.3 Å². The number of nitrogens with zero attached hydrogens (tertiary/aromatic N) is 3. The lowest BCUT2D eigenvalue weighted by molar-refractivity contribution is -0.122. The minimum absolute atomic E-state index is 0.113. The SMILES string of the molecule is CCCCCCNC(=O)CCCCCOc1cc(OCCCCCC(=O)NCCCCCC)cc(C(=O)OCCCCCCCCCCN=[N+]=[N-])c1. The van der Waals surface area contributed by atoms with Crippen molar-refractivity contribution in [3.63, 3.8) is 0 Å². The van der Waals surface area contributed by atoms with Crippen molar-refractivity contribution in [2.24, 2.45) is 5.11 Å². The van der Waals surface area contributed by atoms with Crippen molar-refractivity contribution in [3.8, 4) is 11.5 Å². The zero-order chi connectivity index (χ0) is 37.7. The first-order valence-corrected chi connectivity index (χ1v) is 20.6. The van der Waals surface area contributed by atoms with E-state index in [1.807, 2.05) is 6.07 Å². The number of nitrogens with one attached hydrogen (secondary N) is 2. The van der Waals surface area contributed by atoms with Gasteiger partial charge in [-0.25, -0.2) is 4.79 Å². The smallest absolute Gasteiger partial charge is 0.338 e. The quantitative estimate of drug-likeness (QED) is 0.0230. The van der Waals surface area contributed by atoms with Gasteiger partial charge in [0.05, 0.1) is 25.4 Å². The molecule has 0 aromatic heterocycles.